The number of nitrogens with one attached hydrogen (secondary N) is 1. The lowest BCUT2D eigenvalue weighted by atomic mass is 9.96. The molecular formula is C31H28N4S. The molecule has 1 saturated heterocycles. The number of nitrogens with zero attached hydrogens (tertiary/aromatic N) is 3. The number of rotatable bonds is 5. The van der Waals surface area contributed by atoms with E-state index in [-0.39, 0.29) is 12.1 Å². The summed E-state index contributed by atoms with van der Waals surface area (Å²) in [5.41, 5.74) is 7.12. The van der Waals surface area contributed by atoms with Crippen molar-refractivity contribution in [3.8, 4) is 5.69 Å². The molecule has 0 saturated carbocycles. The van der Waals surface area contributed by atoms with E-state index in [2.05, 4.69) is 114 Å². The Hall–Kier alpha value is -3.96. The molecule has 2 aromatic heterocycles. The van der Waals surface area contributed by atoms with Crippen LogP contribution in [0.1, 0.15) is 40.3 Å². The Kier molecular flexibility index (Phi) is 5.78. The van der Waals surface area contributed by atoms with Crippen LogP contribution in [0.5, 0.6) is 0 Å². The van der Waals surface area contributed by atoms with Gasteiger partial charge in [0.15, 0.2) is 5.11 Å². The van der Waals surface area contributed by atoms with Gasteiger partial charge in [0.05, 0.1) is 23.5 Å². The van der Waals surface area contributed by atoms with Gasteiger partial charge in [-0.15, -0.1) is 0 Å². The van der Waals surface area contributed by atoms with Crippen molar-refractivity contribution in [1.29, 1.82) is 0 Å². The smallest absolute Gasteiger partial charge is 0.170 e. The first-order valence-electron chi connectivity index (χ1n) is 12.3. The van der Waals surface area contributed by atoms with Crippen LogP contribution in [0.15, 0.2) is 103 Å². The zero-order valence-electron chi connectivity index (χ0n) is 20.4. The third-order valence-corrected chi connectivity index (χ3v) is 7.54. The SMILES string of the molecule is Cc1cc(C2C(c3ccccn3)NC(=S)N2Cc2ccccc2)c(C)n1-c1cccc2ccccc12. The molecule has 1 N–H and O–H groups in total. The molecule has 1 aliphatic heterocycles. The quantitative estimate of drug-likeness (QED) is 0.275. The van der Waals surface area contributed by atoms with Crippen molar-refractivity contribution in [2.75, 3.05) is 0 Å². The molecular weight excluding hydrogens is 460 g/mol. The zero-order chi connectivity index (χ0) is 24.6. The van der Waals surface area contributed by atoms with Crippen LogP contribution in [0, 0.1) is 13.8 Å². The van der Waals surface area contributed by atoms with Crippen molar-refractivity contribution < 1.29 is 0 Å². The Balaban J connectivity index is 1.50. The molecule has 2 atom stereocenters. The van der Waals surface area contributed by atoms with Crippen LogP contribution < -0.4 is 5.32 Å². The van der Waals surface area contributed by atoms with Gasteiger partial charge in [-0.3, -0.25) is 4.98 Å². The molecule has 0 radical (unpaired) electrons. The molecule has 3 heterocycles. The maximum Gasteiger partial charge on any atom is 0.170 e. The number of benzene rings is 3. The van der Waals surface area contributed by atoms with E-state index in [1.165, 1.54) is 39.0 Å². The molecule has 0 bridgehead atoms. The van der Waals surface area contributed by atoms with Crippen LogP contribution in [0.2, 0.25) is 0 Å². The van der Waals surface area contributed by atoms with Crippen molar-refractivity contribution in [3.05, 3.63) is 131 Å². The molecule has 178 valence electrons. The van der Waals surface area contributed by atoms with Crippen molar-refractivity contribution in [1.82, 2.24) is 19.8 Å². The van der Waals surface area contributed by atoms with Gasteiger partial charge in [0.1, 0.15) is 0 Å². The standard InChI is InChI=1S/C31H28N4S/c1-21-19-26(22(2)35(21)28-17-10-14-24-13-6-7-15-25(24)28)30-29(27-16-8-9-18-32-27)33-31(36)34(30)20-23-11-4-3-5-12-23/h3-19,29-30H,20H2,1-2H3,(H,33,36). The number of pyridine rings is 1. The normalized spacial score (nSPS) is 17.5. The second kappa shape index (κ2) is 9.25. The van der Waals surface area contributed by atoms with Crippen molar-refractivity contribution in [2.45, 2.75) is 32.5 Å². The fourth-order valence-electron chi connectivity index (χ4n) is 5.56. The second-order valence-corrected chi connectivity index (χ2v) is 9.79. The summed E-state index contributed by atoms with van der Waals surface area (Å²) in [6, 6.07) is 34.0. The maximum absolute atomic E-state index is 5.91. The average Bonchev–Trinajstić information content (AvgIpc) is 3.39. The van der Waals surface area contributed by atoms with Gasteiger partial charge in [0.2, 0.25) is 0 Å². The number of hydrogen-bond donors (Lipinski definition) is 1. The monoisotopic (exact) mass is 488 g/mol. The molecule has 1 aliphatic rings. The Labute approximate surface area is 217 Å². The van der Waals surface area contributed by atoms with Gasteiger partial charge in [-0.2, -0.15) is 0 Å². The summed E-state index contributed by atoms with van der Waals surface area (Å²) in [4.78, 5) is 7.03. The van der Waals surface area contributed by atoms with Gasteiger partial charge >= 0.3 is 0 Å². The highest BCUT2D eigenvalue weighted by Gasteiger charge is 2.41. The molecule has 5 heteroatoms. The summed E-state index contributed by atoms with van der Waals surface area (Å²) in [5, 5.41) is 6.85. The molecule has 5 aromatic rings. The average molecular weight is 489 g/mol. The molecule has 2 unspecified atom stereocenters. The van der Waals surface area contributed by atoms with E-state index in [9.17, 15) is 0 Å². The van der Waals surface area contributed by atoms with Crippen LogP contribution in [0.3, 0.4) is 0 Å². The van der Waals surface area contributed by atoms with Crippen molar-refractivity contribution in [3.63, 3.8) is 0 Å². The van der Waals surface area contributed by atoms with E-state index in [4.69, 9.17) is 17.2 Å². The Morgan fingerprint density at radius 1 is 0.861 bits per heavy atom. The van der Waals surface area contributed by atoms with Crippen molar-refractivity contribution in [2.24, 2.45) is 0 Å². The number of hydrogen-bond acceptors (Lipinski definition) is 2. The minimum Gasteiger partial charge on any atom is -0.352 e. The Bertz CT molecular complexity index is 1540. The van der Waals surface area contributed by atoms with E-state index in [0.29, 0.717) is 0 Å². The summed E-state index contributed by atoms with van der Waals surface area (Å²) < 4.78 is 2.38. The van der Waals surface area contributed by atoms with Crippen molar-refractivity contribution >= 4 is 28.1 Å². The third kappa shape index (κ3) is 3.86. The number of aromatic nitrogens is 2. The van der Waals surface area contributed by atoms with Gasteiger partial charge < -0.3 is 14.8 Å². The predicted molar refractivity (Wildman–Crippen MR) is 150 cm³/mol. The van der Waals surface area contributed by atoms with E-state index in [1.54, 1.807) is 0 Å². The molecule has 36 heavy (non-hydrogen) atoms. The molecule has 0 aliphatic carbocycles. The van der Waals surface area contributed by atoms with Gasteiger partial charge in [-0.25, -0.2) is 0 Å². The summed E-state index contributed by atoms with van der Waals surface area (Å²) >= 11 is 5.91. The fraction of sp³-hybridized carbons (Fsp3) is 0.161. The largest absolute Gasteiger partial charge is 0.352 e. The van der Waals surface area contributed by atoms with Crippen LogP contribution in [0.4, 0.5) is 0 Å². The molecule has 3 aromatic carbocycles. The summed E-state index contributed by atoms with van der Waals surface area (Å²) in [6.07, 6.45) is 1.86. The third-order valence-electron chi connectivity index (χ3n) is 7.19. The van der Waals surface area contributed by atoms with Crippen LogP contribution in [0.25, 0.3) is 16.5 Å². The first kappa shape index (κ1) is 22.5. The zero-order valence-corrected chi connectivity index (χ0v) is 21.2. The van der Waals surface area contributed by atoms with Gasteiger partial charge in [-0.05, 0) is 66.8 Å². The second-order valence-electron chi connectivity index (χ2n) is 9.40. The lowest BCUT2D eigenvalue weighted by Crippen LogP contribution is -2.29. The highest BCUT2D eigenvalue weighted by atomic mass is 32.1. The van der Waals surface area contributed by atoms with E-state index < -0.39 is 0 Å². The topological polar surface area (TPSA) is 33.1 Å². The number of thiocarbonyl (C=S) groups is 1. The number of fused-ring (bicyclic) bond motifs is 1. The summed E-state index contributed by atoms with van der Waals surface area (Å²) in [7, 11) is 0. The lowest BCUT2D eigenvalue weighted by Gasteiger charge is -2.28. The highest BCUT2D eigenvalue weighted by Crippen LogP contribution is 2.42. The molecule has 6 rings (SSSR count). The van der Waals surface area contributed by atoms with Crippen LogP contribution in [-0.4, -0.2) is 19.6 Å². The van der Waals surface area contributed by atoms with Gasteiger partial charge in [-0.1, -0.05) is 72.8 Å². The molecule has 4 nitrogen and oxygen atoms in total. The maximum atomic E-state index is 5.91. The first-order valence-corrected chi connectivity index (χ1v) is 12.7. The summed E-state index contributed by atoms with van der Waals surface area (Å²) in [5.74, 6) is 0. The van der Waals surface area contributed by atoms with E-state index >= 15 is 0 Å². The lowest BCUT2D eigenvalue weighted by molar-refractivity contribution is 0.310. The van der Waals surface area contributed by atoms with Crippen LogP contribution >= 0.6 is 12.2 Å². The Morgan fingerprint density at radius 3 is 2.42 bits per heavy atom. The minimum absolute atomic E-state index is 0.0162. The van der Waals surface area contributed by atoms with Gasteiger partial charge in [0.25, 0.3) is 0 Å². The molecule has 0 amide bonds. The first-order chi connectivity index (χ1) is 17.6. The summed E-state index contributed by atoms with van der Waals surface area (Å²) in [6.45, 7) is 5.15. The minimum atomic E-state index is -0.0381. The Morgan fingerprint density at radius 2 is 1.61 bits per heavy atom. The molecule has 1 fully saturated rings. The van der Waals surface area contributed by atoms with E-state index in [0.717, 1.165) is 17.4 Å². The fourth-order valence-corrected chi connectivity index (χ4v) is 5.86. The number of aryl methyl sites for hydroxylation is 1. The van der Waals surface area contributed by atoms with E-state index in [1.807, 2.05) is 18.3 Å². The molecule has 0 spiro atoms. The highest BCUT2D eigenvalue weighted by molar-refractivity contribution is 7.80. The predicted octanol–water partition coefficient (Wildman–Crippen LogP) is 6.82. The van der Waals surface area contributed by atoms with Gasteiger partial charge in [0, 0.05) is 29.5 Å². The van der Waals surface area contributed by atoms with Crippen LogP contribution in [-0.2, 0) is 6.54 Å².